The van der Waals surface area contributed by atoms with Gasteiger partial charge in [0.2, 0.25) is 10.0 Å². The van der Waals surface area contributed by atoms with Crippen molar-refractivity contribution in [2.24, 2.45) is 5.92 Å². The summed E-state index contributed by atoms with van der Waals surface area (Å²) in [5.41, 5.74) is 0.755. The third-order valence-electron chi connectivity index (χ3n) is 4.10. The summed E-state index contributed by atoms with van der Waals surface area (Å²) in [5, 5.41) is 3.02. The molecular weight excluding hydrogens is 276 g/mol. The van der Waals surface area contributed by atoms with Crippen LogP contribution in [0, 0.1) is 19.8 Å². The van der Waals surface area contributed by atoms with Crippen LogP contribution >= 0.6 is 0 Å². The van der Waals surface area contributed by atoms with Crippen LogP contribution in [0.1, 0.15) is 36.8 Å². The molecule has 1 N–H and O–H groups in total. The van der Waals surface area contributed by atoms with Gasteiger partial charge in [-0.25, -0.2) is 8.42 Å². The van der Waals surface area contributed by atoms with Crippen molar-refractivity contribution in [3.05, 3.63) is 17.1 Å². The Bertz CT molecular complexity index is 577. The minimum Gasteiger partial charge on any atom is -0.465 e. The predicted octanol–water partition coefficient (Wildman–Crippen LogP) is 2.04. The van der Waals surface area contributed by atoms with Crippen molar-refractivity contribution < 1.29 is 12.8 Å². The van der Waals surface area contributed by atoms with E-state index in [0.29, 0.717) is 42.0 Å². The molecule has 1 aromatic heterocycles. The van der Waals surface area contributed by atoms with E-state index in [1.54, 1.807) is 18.3 Å². The highest BCUT2D eigenvalue weighted by Gasteiger charge is 2.36. The molecule has 0 saturated carbocycles. The van der Waals surface area contributed by atoms with Crippen LogP contribution in [0.2, 0.25) is 0 Å². The van der Waals surface area contributed by atoms with Crippen molar-refractivity contribution in [2.45, 2.75) is 45.1 Å². The molecule has 1 unspecified atom stereocenters. The van der Waals surface area contributed by atoms with Gasteiger partial charge in [0.1, 0.15) is 16.4 Å². The molecule has 0 radical (unpaired) electrons. The minimum absolute atomic E-state index is 0.362. The summed E-state index contributed by atoms with van der Waals surface area (Å²) in [6.07, 6.45) is 1.98. The highest BCUT2D eigenvalue weighted by atomic mass is 32.2. The van der Waals surface area contributed by atoms with E-state index in [4.69, 9.17) is 4.42 Å². The third kappa shape index (κ3) is 2.64. The van der Waals surface area contributed by atoms with E-state index in [9.17, 15) is 8.42 Å². The van der Waals surface area contributed by atoms with Crippen molar-refractivity contribution in [3.8, 4) is 0 Å². The van der Waals surface area contributed by atoms with Crippen LogP contribution in [0.5, 0.6) is 0 Å². The molecule has 0 bridgehead atoms. The zero-order chi connectivity index (χ0) is 14.9. The molecule has 20 heavy (non-hydrogen) atoms. The van der Waals surface area contributed by atoms with Gasteiger partial charge in [-0.1, -0.05) is 13.3 Å². The molecule has 114 valence electrons. The lowest BCUT2D eigenvalue weighted by atomic mass is 10.1. The molecule has 5 nitrogen and oxygen atoms in total. The number of hydrogen-bond acceptors (Lipinski definition) is 4. The van der Waals surface area contributed by atoms with E-state index in [2.05, 4.69) is 12.2 Å². The molecular formula is C14H24N2O3S. The van der Waals surface area contributed by atoms with E-state index in [0.717, 1.165) is 18.4 Å². The molecule has 1 aromatic rings. The van der Waals surface area contributed by atoms with Crippen LogP contribution in [0.4, 0.5) is 0 Å². The van der Waals surface area contributed by atoms with Crippen molar-refractivity contribution in [1.29, 1.82) is 0 Å². The highest BCUT2D eigenvalue weighted by molar-refractivity contribution is 7.89. The largest absolute Gasteiger partial charge is 0.465 e. The minimum atomic E-state index is -3.44. The lowest BCUT2D eigenvalue weighted by Gasteiger charge is -2.17. The van der Waals surface area contributed by atoms with Gasteiger partial charge in [0, 0.05) is 25.2 Å². The van der Waals surface area contributed by atoms with Crippen LogP contribution in [-0.2, 0) is 16.6 Å². The summed E-state index contributed by atoms with van der Waals surface area (Å²) in [6.45, 7) is 7.40. The monoisotopic (exact) mass is 300 g/mol. The van der Waals surface area contributed by atoms with E-state index >= 15 is 0 Å². The summed E-state index contributed by atoms with van der Waals surface area (Å²) in [4.78, 5) is 0.362. The van der Waals surface area contributed by atoms with Crippen LogP contribution < -0.4 is 5.32 Å². The molecule has 0 aliphatic carbocycles. The first kappa shape index (κ1) is 15.5. The molecule has 2 rings (SSSR count). The predicted molar refractivity (Wildman–Crippen MR) is 78.1 cm³/mol. The van der Waals surface area contributed by atoms with Gasteiger partial charge in [-0.05, 0) is 33.2 Å². The molecule has 1 saturated heterocycles. The fraction of sp³-hybridized carbons (Fsp3) is 0.714. The average molecular weight is 300 g/mol. The van der Waals surface area contributed by atoms with Gasteiger partial charge in [-0.2, -0.15) is 4.31 Å². The first-order chi connectivity index (χ1) is 9.41. The molecule has 2 heterocycles. The smallest absolute Gasteiger partial charge is 0.246 e. The lowest BCUT2D eigenvalue weighted by molar-refractivity contribution is 0.448. The SMILES string of the molecule is CCC1CCN(S(=O)(=O)c2c(C)oc(C)c2CNC)C1. The van der Waals surface area contributed by atoms with Gasteiger partial charge in [-0.3, -0.25) is 0 Å². The van der Waals surface area contributed by atoms with E-state index in [1.165, 1.54) is 0 Å². The van der Waals surface area contributed by atoms with Crippen LogP contribution in [0.25, 0.3) is 0 Å². The molecule has 1 aliphatic heterocycles. The fourth-order valence-electron chi connectivity index (χ4n) is 2.91. The van der Waals surface area contributed by atoms with Crippen molar-refractivity contribution in [2.75, 3.05) is 20.1 Å². The van der Waals surface area contributed by atoms with E-state index in [1.807, 2.05) is 6.92 Å². The van der Waals surface area contributed by atoms with Crippen molar-refractivity contribution >= 4 is 10.0 Å². The Labute approximate surface area is 121 Å². The second-order valence-electron chi connectivity index (χ2n) is 5.48. The summed E-state index contributed by atoms with van der Waals surface area (Å²) in [7, 11) is -1.64. The highest BCUT2D eigenvalue weighted by Crippen LogP contribution is 2.32. The Morgan fingerprint density at radius 3 is 2.60 bits per heavy atom. The maximum absolute atomic E-state index is 12.9. The van der Waals surface area contributed by atoms with Gasteiger partial charge in [0.05, 0.1) is 0 Å². The van der Waals surface area contributed by atoms with Gasteiger partial charge in [-0.15, -0.1) is 0 Å². The number of aryl methyl sites for hydroxylation is 2. The molecule has 1 fully saturated rings. The quantitative estimate of drug-likeness (QED) is 0.904. The van der Waals surface area contributed by atoms with Crippen LogP contribution in [0.15, 0.2) is 9.31 Å². The lowest BCUT2D eigenvalue weighted by Crippen LogP contribution is -2.30. The van der Waals surface area contributed by atoms with Crippen LogP contribution in [0.3, 0.4) is 0 Å². The second kappa shape index (κ2) is 5.87. The number of rotatable bonds is 5. The summed E-state index contributed by atoms with van der Waals surface area (Å²) in [5.74, 6) is 1.65. The average Bonchev–Trinajstić information content (AvgIpc) is 2.96. The molecule has 1 atom stereocenters. The van der Waals surface area contributed by atoms with Gasteiger partial charge in [0.15, 0.2) is 0 Å². The first-order valence-corrected chi connectivity index (χ1v) is 8.59. The second-order valence-corrected chi connectivity index (χ2v) is 7.35. The van der Waals surface area contributed by atoms with E-state index in [-0.39, 0.29) is 0 Å². The summed E-state index contributed by atoms with van der Waals surface area (Å²) < 4.78 is 32.9. The summed E-state index contributed by atoms with van der Waals surface area (Å²) in [6, 6.07) is 0. The topological polar surface area (TPSA) is 62.6 Å². The van der Waals surface area contributed by atoms with Crippen LogP contribution in [-0.4, -0.2) is 32.9 Å². The Morgan fingerprint density at radius 1 is 1.35 bits per heavy atom. The van der Waals surface area contributed by atoms with Crippen molar-refractivity contribution in [3.63, 3.8) is 0 Å². The summed E-state index contributed by atoms with van der Waals surface area (Å²) >= 11 is 0. The van der Waals surface area contributed by atoms with Gasteiger partial charge >= 0.3 is 0 Å². The fourth-order valence-corrected chi connectivity index (χ4v) is 4.85. The zero-order valence-electron chi connectivity index (χ0n) is 12.7. The number of nitrogens with zero attached hydrogens (tertiary/aromatic N) is 1. The Morgan fingerprint density at radius 2 is 2.05 bits per heavy atom. The van der Waals surface area contributed by atoms with Gasteiger partial charge in [0.25, 0.3) is 0 Å². The molecule has 1 aliphatic rings. The number of sulfonamides is 1. The Hall–Kier alpha value is -0.850. The molecule has 0 amide bonds. The zero-order valence-corrected chi connectivity index (χ0v) is 13.5. The van der Waals surface area contributed by atoms with Gasteiger partial charge < -0.3 is 9.73 Å². The number of hydrogen-bond donors (Lipinski definition) is 1. The standard InChI is InChI=1S/C14H24N2O3S/c1-5-12-6-7-16(9-12)20(17,18)14-11(3)19-10(2)13(14)8-15-4/h12,15H,5-9H2,1-4H3. The Balaban J connectivity index is 2.40. The molecule has 0 spiro atoms. The third-order valence-corrected chi connectivity index (χ3v) is 6.16. The molecule has 6 heteroatoms. The Kier molecular flexibility index (Phi) is 4.56. The molecule has 0 aromatic carbocycles. The first-order valence-electron chi connectivity index (χ1n) is 7.15. The number of nitrogens with one attached hydrogen (secondary N) is 1. The van der Waals surface area contributed by atoms with Crippen molar-refractivity contribution in [1.82, 2.24) is 9.62 Å². The van der Waals surface area contributed by atoms with E-state index < -0.39 is 10.0 Å². The number of furan rings is 1. The maximum Gasteiger partial charge on any atom is 0.246 e. The normalized spacial score (nSPS) is 20.7. The maximum atomic E-state index is 12.9.